The number of halogens is 1. The lowest BCUT2D eigenvalue weighted by molar-refractivity contribution is 0.0964. The van der Waals surface area contributed by atoms with E-state index in [1.807, 2.05) is 18.2 Å². The predicted octanol–water partition coefficient (Wildman–Crippen LogP) is 3.79. The number of anilines is 4. The molecule has 4 rings (SSSR count). The molecule has 0 bridgehead atoms. The number of hydrogen-bond acceptors (Lipinski definition) is 7. The lowest BCUT2D eigenvalue weighted by Crippen LogP contribution is -2.32. The Labute approximate surface area is 202 Å². The summed E-state index contributed by atoms with van der Waals surface area (Å²) in [7, 11) is 1.61. The van der Waals surface area contributed by atoms with Crippen LogP contribution in [-0.4, -0.2) is 47.5 Å². The molecule has 0 spiro atoms. The predicted molar refractivity (Wildman–Crippen MR) is 135 cm³/mol. The SMILES string of the molecule is CNC(=O)c1ccccc1Nc1nc(Nc2ccc3c(c2)CCN(CCCN)C3)ncc1Br. The van der Waals surface area contributed by atoms with Gasteiger partial charge in [0.05, 0.1) is 15.7 Å². The van der Waals surface area contributed by atoms with Crippen LogP contribution in [-0.2, 0) is 13.0 Å². The zero-order chi connectivity index (χ0) is 23.2. The van der Waals surface area contributed by atoms with Crippen LogP contribution < -0.4 is 21.7 Å². The molecule has 172 valence electrons. The number of carbonyl (C=O) groups is 1. The van der Waals surface area contributed by atoms with Crippen LogP contribution in [0.25, 0.3) is 0 Å². The quantitative estimate of drug-likeness (QED) is 0.365. The average molecular weight is 510 g/mol. The fourth-order valence-electron chi connectivity index (χ4n) is 3.89. The molecule has 1 aromatic heterocycles. The second-order valence-corrected chi connectivity index (χ2v) is 8.77. The molecule has 0 fully saturated rings. The van der Waals surface area contributed by atoms with Crippen LogP contribution in [0.1, 0.15) is 27.9 Å². The van der Waals surface area contributed by atoms with Gasteiger partial charge in [0, 0.05) is 32.0 Å². The van der Waals surface area contributed by atoms with Crippen LogP contribution in [0.2, 0.25) is 0 Å². The number of para-hydroxylation sites is 1. The van der Waals surface area contributed by atoms with E-state index in [0.717, 1.165) is 44.7 Å². The minimum atomic E-state index is -0.169. The Hall–Kier alpha value is -3.01. The van der Waals surface area contributed by atoms with Gasteiger partial charge >= 0.3 is 0 Å². The fourth-order valence-corrected chi connectivity index (χ4v) is 4.18. The number of nitrogens with one attached hydrogen (secondary N) is 3. The number of hydrogen-bond donors (Lipinski definition) is 4. The van der Waals surface area contributed by atoms with Crippen molar-refractivity contribution in [1.82, 2.24) is 20.2 Å². The Kier molecular flexibility index (Phi) is 7.54. The van der Waals surface area contributed by atoms with Gasteiger partial charge in [0.2, 0.25) is 5.95 Å². The third-order valence-corrected chi connectivity index (χ3v) is 6.21. The molecule has 33 heavy (non-hydrogen) atoms. The summed E-state index contributed by atoms with van der Waals surface area (Å²) >= 11 is 3.50. The minimum Gasteiger partial charge on any atom is -0.355 e. The number of nitrogens with two attached hydrogens (primary N) is 1. The number of benzene rings is 2. The first-order valence-electron chi connectivity index (χ1n) is 11.0. The maximum Gasteiger partial charge on any atom is 0.253 e. The normalized spacial score (nSPS) is 13.3. The highest BCUT2D eigenvalue weighted by molar-refractivity contribution is 9.10. The van der Waals surface area contributed by atoms with E-state index in [1.54, 1.807) is 19.3 Å². The van der Waals surface area contributed by atoms with Crippen molar-refractivity contribution >= 4 is 45.0 Å². The summed E-state index contributed by atoms with van der Waals surface area (Å²) in [5.41, 5.74) is 10.5. The van der Waals surface area contributed by atoms with Gasteiger partial charge in [0.15, 0.2) is 0 Å². The summed E-state index contributed by atoms with van der Waals surface area (Å²) in [6.07, 6.45) is 3.73. The van der Waals surface area contributed by atoms with Crippen molar-refractivity contribution in [3.05, 3.63) is 69.8 Å². The smallest absolute Gasteiger partial charge is 0.253 e. The standard InChI is InChI=1S/C24H28BrN7O/c1-27-23(33)19-5-2-3-6-21(19)30-22-20(25)14-28-24(31-22)29-18-8-7-17-15-32(11-4-10-26)12-9-16(17)13-18/h2-3,5-8,13-14H,4,9-12,15,26H2,1H3,(H,27,33)(H2,28,29,30,31). The van der Waals surface area contributed by atoms with E-state index < -0.39 is 0 Å². The highest BCUT2D eigenvalue weighted by atomic mass is 79.9. The summed E-state index contributed by atoms with van der Waals surface area (Å²) in [6, 6.07) is 13.7. The van der Waals surface area contributed by atoms with Gasteiger partial charge in [0.25, 0.3) is 5.91 Å². The van der Waals surface area contributed by atoms with Gasteiger partial charge in [-0.05, 0) is 77.3 Å². The topological polar surface area (TPSA) is 108 Å². The monoisotopic (exact) mass is 509 g/mol. The first kappa shape index (κ1) is 23.2. The van der Waals surface area contributed by atoms with Crippen molar-refractivity contribution in [1.29, 1.82) is 0 Å². The molecule has 0 saturated carbocycles. The lowest BCUT2D eigenvalue weighted by atomic mass is 9.99. The second kappa shape index (κ2) is 10.7. The van der Waals surface area contributed by atoms with Gasteiger partial charge in [0.1, 0.15) is 5.82 Å². The number of nitrogens with zero attached hydrogens (tertiary/aromatic N) is 3. The number of fused-ring (bicyclic) bond motifs is 1. The van der Waals surface area contributed by atoms with E-state index in [0.29, 0.717) is 27.5 Å². The average Bonchev–Trinajstić information content (AvgIpc) is 2.84. The molecule has 1 amide bonds. The van der Waals surface area contributed by atoms with Gasteiger partial charge in [-0.3, -0.25) is 9.69 Å². The van der Waals surface area contributed by atoms with Gasteiger partial charge in [-0.15, -0.1) is 0 Å². The molecule has 2 heterocycles. The molecule has 0 radical (unpaired) electrons. The molecular weight excluding hydrogens is 482 g/mol. The Balaban J connectivity index is 1.50. The van der Waals surface area contributed by atoms with Crippen molar-refractivity contribution in [2.75, 3.05) is 37.3 Å². The van der Waals surface area contributed by atoms with E-state index in [2.05, 4.69) is 64.9 Å². The number of aromatic nitrogens is 2. The van der Waals surface area contributed by atoms with Crippen molar-refractivity contribution in [2.45, 2.75) is 19.4 Å². The van der Waals surface area contributed by atoms with Crippen LogP contribution in [0.15, 0.2) is 53.1 Å². The van der Waals surface area contributed by atoms with E-state index in [4.69, 9.17) is 5.73 Å². The largest absolute Gasteiger partial charge is 0.355 e. The van der Waals surface area contributed by atoms with E-state index >= 15 is 0 Å². The Morgan fingerprint density at radius 1 is 1.18 bits per heavy atom. The Morgan fingerprint density at radius 3 is 2.85 bits per heavy atom. The molecule has 1 aliphatic heterocycles. The molecule has 9 heteroatoms. The van der Waals surface area contributed by atoms with Crippen LogP contribution in [0.4, 0.5) is 23.1 Å². The van der Waals surface area contributed by atoms with Crippen molar-refractivity contribution in [3.63, 3.8) is 0 Å². The lowest BCUT2D eigenvalue weighted by Gasteiger charge is -2.29. The number of rotatable bonds is 8. The molecule has 3 aromatic rings. The van der Waals surface area contributed by atoms with Gasteiger partial charge in [-0.2, -0.15) is 4.98 Å². The van der Waals surface area contributed by atoms with Gasteiger partial charge < -0.3 is 21.7 Å². The molecular formula is C24H28BrN7O. The first-order valence-corrected chi connectivity index (χ1v) is 11.8. The molecule has 1 aliphatic rings. The molecule has 8 nitrogen and oxygen atoms in total. The maximum absolute atomic E-state index is 12.2. The first-order chi connectivity index (χ1) is 16.1. The minimum absolute atomic E-state index is 0.169. The van der Waals surface area contributed by atoms with Crippen LogP contribution >= 0.6 is 15.9 Å². The summed E-state index contributed by atoms with van der Waals surface area (Å²) in [6.45, 7) is 3.78. The Morgan fingerprint density at radius 2 is 2.03 bits per heavy atom. The number of carbonyl (C=O) groups excluding carboxylic acids is 1. The summed E-state index contributed by atoms with van der Waals surface area (Å²) < 4.78 is 0.697. The fraction of sp³-hybridized carbons (Fsp3) is 0.292. The van der Waals surface area contributed by atoms with E-state index in [9.17, 15) is 4.79 Å². The number of amides is 1. The zero-order valence-electron chi connectivity index (χ0n) is 18.6. The van der Waals surface area contributed by atoms with Crippen molar-refractivity contribution < 1.29 is 4.79 Å². The summed E-state index contributed by atoms with van der Waals surface area (Å²) in [5, 5.41) is 9.21. The maximum atomic E-state index is 12.2. The van der Waals surface area contributed by atoms with Crippen LogP contribution in [0.5, 0.6) is 0 Å². The Bertz CT molecular complexity index is 1140. The zero-order valence-corrected chi connectivity index (χ0v) is 20.2. The molecule has 5 N–H and O–H groups in total. The molecule has 0 unspecified atom stereocenters. The summed E-state index contributed by atoms with van der Waals surface area (Å²) in [4.78, 5) is 23.7. The van der Waals surface area contributed by atoms with Crippen molar-refractivity contribution in [3.8, 4) is 0 Å². The second-order valence-electron chi connectivity index (χ2n) is 7.92. The van der Waals surface area contributed by atoms with Gasteiger partial charge in [-0.1, -0.05) is 18.2 Å². The third-order valence-electron chi connectivity index (χ3n) is 5.63. The highest BCUT2D eigenvalue weighted by Gasteiger charge is 2.17. The summed E-state index contributed by atoms with van der Waals surface area (Å²) in [5.74, 6) is 0.869. The van der Waals surface area contributed by atoms with Crippen LogP contribution in [0, 0.1) is 0 Å². The van der Waals surface area contributed by atoms with Gasteiger partial charge in [-0.25, -0.2) is 4.98 Å². The highest BCUT2D eigenvalue weighted by Crippen LogP contribution is 2.28. The van der Waals surface area contributed by atoms with E-state index in [1.165, 1.54) is 11.1 Å². The third kappa shape index (κ3) is 5.68. The molecule has 0 saturated heterocycles. The molecule has 2 aromatic carbocycles. The molecule has 0 aliphatic carbocycles. The van der Waals surface area contributed by atoms with Crippen LogP contribution in [0.3, 0.4) is 0 Å². The van der Waals surface area contributed by atoms with E-state index in [-0.39, 0.29) is 5.91 Å². The molecule has 0 atom stereocenters. The van der Waals surface area contributed by atoms with Crippen molar-refractivity contribution in [2.24, 2.45) is 5.73 Å².